The average molecular weight is 484 g/mol. The van der Waals surface area contributed by atoms with Crippen molar-refractivity contribution in [3.63, 3.8) is 0 Å². The number of nitrogens with zero attached hydrogens (tertiary/aromatic N) is 4. The average Bonchev–Trinajstić information content (AvgIpc) is 3.28. The molecule has 2 aromatic carbocycles. The summed E-state index contributed by atoms with van der Waals surface area (Å²) in [5.41, 5.74) is 6.56. The number of hydrazone groups is 1. The van der Waals surface area contributed by atoms with Gasteiger partial charge in [-0.2, -0.15) is 9.41 Å². The maximum Gasteiger partial charge on any atom is 0.243 e. The zero-order valence-corrected chi connectivity index (χ0v) is 20.7. The molecule has 1 aliphatic heterocycles. The molecule has 0 aliphatic carbocycles. The third-order valence-corrected chi connectivity index (χ3v) is 8.28. The lowest BCUT2D eigenvalue weighted by atomic mass is 10.0. The number of rotatable bonds is 7. The summed E-state index contributed by atoms with van der Waals surface area (Å²) in [5.74, 6) is 0.385. The van der Waals surface area contributed by atoms with E-state index >= 15 is 0 Å². The molecule has 0 saturated carbocycles. The molecule has 0 spiro atoms. The number of anilines is 2. The van der Waals surface area contributed by atoms with E-state index in [9.17, 15) is 8.42 Å². The quantitative estimate of drug-likeness (QED) is 0.388. The maximum atomic E-state index is 13.1. The van der Waals surface area contributed by atoms with Gasteiger partial charge in [-0.1, -0.05) is 31.2 Å². The van der Waals surface area contributed by atoms with Gasteiger partial charge in [-0.05, 0) is 48.6 Å². The van der Waals surface area contributed by atoms with Crippen LogP contribution < -0.4 is 10.3 Å². The first-order valence-electron chi connectivity index (χ1n) is 11.0. The van der Waals surface area contributed by atoms with Crippen molar-refractivity contribution in [3.8, 4) is 11.3 Å². The number of sulfonamides is 1. The monoisotopic (exact) mass is 483 g/mol. The number of aromatic nitrogens is 1. The third-order valence-electron chi connectivity index (χ3n) is 5.67. The maximum absolute atomic E-state index is 13.1. The van der Waals surface area contributed by atoms with Crippen LogP contribution in [0.2, 0.25) is 0 Å². The zero-order chi connectivity index (χ0) is 23.4. The van der Waals surface area contributed by atoms with Gasteiger partial charge in [0.1, 0.15) is 0 Å². The van der Waals surface area contributed by atoms with Gasteiger partial charge < -0.3 is 4.90 Å². The third kappa shape index (κ3) is 5.61. The fraction of sp³-hybridized carbons (Fsp3) is 0.333. The number of nitrogens with one attached hydrogen (secondary N) is 1. The zero-order valence-electron chi connectivity index (χ0n) is 19.1. The molecule has 7 nitrogen and oxygen atoms in total. The van der Waals surface area contributed by atoms with E-state index < -0.39 is 10.0 Å². The highest BCUT2D eigenvalue weighted by Crippen LogP contribution is 2.29. The van der Waals surface area contributed by atoms with Crippen LogP contribution in [0, 0.1) is 5.92 Å². The molecule has 1 aromatic heterocycles. The van der Waals surface area contributed by atoms with Gasteiger partial charge in [0.2, 0.25) is 15.2 Å². The molecule has 3 aromatic rings. The van der Waals surface area contributed by atoms with Crippen LogP contribution in [0.1, 0.15) is 25.3 Å². The fourth-order valence-corrected chi connectivity index (χ4v) is 6.12. The number of piperidine rings is 1. The highest BCUT2D eigenvalue weighted by Gasteiger charge is 2.28. The molecular weight excluding hydrogens is 454 g/mol. The molecule has 174 valence electrons. The van der Waals surface area contributed by atoms with Crippen LogP contribution >= 0.6 is 11.3 Å². The summed E-state index contributed by atoms with van der Waals surface area (Å²) >= 11 is 1.43. The van der Waals surface area contributed by atoms with Crippen LogP contribution in [-0.4, -0.2) is 51.1 Å². The molecule has 0 radical (unpaired) electrons. The Balaban J connectivity index is 1.45. The van der Waals surface area contributed by atoms with Crippen LogP contribution in [0.4, 0.5) is 10.8 Å². The normalized spacial score (nSPS) is 17.4. The van der Waals surface area contributed by atoms with E-state index in [1.54, 1.807) is 28.7 Å². The first-order chi connectivity index (χ1) is 15.8. The molecule has 1 atom stereocenters. The lowest BCUT2D eigenvalue weighted by Gasteiger charge is -2.30. The van der Waals surface area contributed by atoms with Crippen LogP contribution in [0.5, 0.6) is 0 Å². The molecule has 1 unspecified atom stereocenters. The fourth-order valence-electron chi connectivity index (χ4n) is 3.81. The summed E-state index contributed by atoms with van der Waals surface area (Å²) in [7, 11) is 0.503. The SMILES string of the molecule is CC1CCCN(S(=O)(=O)c2cccc(-c3csc(NN=Cc4ccc(N(C)C)cc4)n3)c2)C1. The van der Waals surface area contributed by atoms with E-state index in [0.29, 0.717) is 29.0 Å². The number of thiazole rings is 1. The van der Waals surface area contributed by atoms with Crippen LogP contribution in [0.25, 0.3) is 11.3 Å². The predicted molar refractivity (Wildman–Crippen MR) is 137 cm³/mol. The van der Waals surface area contributed by atoms with Crippen molar-refractivity contribution in [2.24, 2.45) is 11.0 Å². The Morgan fingerprint density at radius 3 is 2.73 bits per heavy atom. The molecule has 1 aliphatic rings. The van der Waals surface area contributed by atoms with Crippen molar-refractivity contribution in [3.05, 3.63) is 59.5 Å². The van der Waals surface area contributed by atoms with Crippen molar-refractivity contribution in [1.29, 1.82) is 0 Å². The van der Waals surface area contributed by atoms with Crippen molar-refractivity contribution in [2.45, 2.75) is 24.7 Å². The van der Waals surface area contributed by atoms with E-state index in [2.05, 4.69) is 22.4 Å². The van der Waals surface area contributed by atoms with Gasteiger partial charge >= 0.3 is 0 Å². The molecule has 0 bridgehead atoms. The molecule has 1 fully saturated rings. The van der Waals surface area contributed by atoms with Gasteiger partial charge in [-0.15, -0.1) is 11.3 Å². The second-order valence-corrected chi connectivity index (χ2v) is 11.3. The van der Waals surface area contributed by atoms with E-state index in [1.807, 2.05) is 54.7 Å². The summed E-state index contributed by atoms with van der Waals surface area (Å²) in [4.78, 5) is 6.94. The van der Waals surface area contributed by atoms with Gasteiger partial charge in [0.15, 0.2) is 0 Å². The van der Waals surface area contributed by atoms with E-state index in [1.165, 1.54) is 11.3 Å². The van der Waals surface area contributed by atoms with Gasteiger partial charge in [0, 0.05) is 43.8 Å². The van der Waals surface area contributed by atoms with Gasteiger partial charge in [0.25, 0.3) is 0 Å². The number of benzene rings is 2. The molecule has 4 rings (SSSR count). The molecule has 2 heterocycles. The van der Waals surface area contributed by atoms with E-state index in [4.69, 9.17) is 0 Å². The standard InChI is InChI=1S/C24H29N5O2S2/c1-18-6-5-13-29(16-18)33(30,31)22-8-4-7-20(14-22)23-17-32-24(26-23)27-25-15-19-9-11-21(12-10-19)28(2)3/h4,7-12,14-15,17-18H,5-6,13,16H2,1-3H3,(H,26,27). The highest BCUT2D eigenvalue weighted by molar-refractivity contribution is 7.89. The minimum Gasteiger partial charge on any atom is -0.378 e. The summed E-state index contributed by atoms with van der Waals surface area (Å²) in [6.07, 6.45) is 3.72. The van der Waals surface area contributed by atoms with Gasteiger partial charge in [0.05, 0.1) is 16.8 Å². The number of hydrogen-bond donors (Lipinski definition) is 1. The van der Waals surface area contributed by atoms with E-state index in [-0.39, 0.29) is 0 Å². The second-order valence-electron chi connectivity index (χ2n) is 8.53. The minimum absolute atomic E-state index is 0.316. The smallest absolute Gasteiger partial charge is 0.243 e. The molecule has 1 saturated heterocycles. The topological polar surface area (TPSA) is 77.9 Å². The first kappa shape index (κ1) is 23.4. The Bertz CT molecular complexity index is 1220. The summed E-state index contributed by atoms with van der Waals surface area (Å²) < 4.78 is 27.9. The lowest BCUT2D eigenvalue weighted by Crippen LogP contribution is -2.39. The second kappa shape index (κ2) is 10.0. The van der Waals surface area contributed by atoms with Crippen molar-refractivity contribution in [2.75, 3.05) is 37.5 Å². The van der Waals surface area contributed by atoms with Crippen molar-refractivity contribution < 1.29 is 8.42 Å². The Hall–Kier alpha value is -2.75. The largest absolute Gasteiger partial charge is 0.378 e. The van der Waals surface area contributed by atoms with Crippen LogP contribution in [0.15, 0.2) is 63.9 Å². The number of hydrogen-bond acceptors (Lipinski definition) is 7. The Kier molecular flexibility index (Phi) is 7.11. The molecule has 33 heavy (non-hydrogen) atoms. The predicted octanol–water partition coefficient (Wildman–Crippen LogP) is 4.74. The first-order valence-corrected chi connectivity index (χ1v) is 13.3. The molecular formula is C24H29N5O2S2. The Morgan fingerprint density at radius 1 is 1.21 bits per heavy atom. The summed E-state index contributed by atoms with van der Waals surface area (Å²) in [6.45, 7) is 3.26. The van der Waals surface area contributed by atoms with Crippen molar-refractivity contribution in [1.82, 2.24) is 9.29 Å². The van der Waals surface area contributed by atoms with Crippen LogP contribution in [0.3, 0.4) is 0 Å². The van der Waals surface area contributed by atoms with E-state index in [0.717, 1.165) is 35.3 Å². The Labute approximate surface area is 199 Å². The minimum atomic E-state index is -3.51. The Morgan fingerprint density at radius 2 is 2.00 bits per heavy atom. The molecule has 1 N–H and O–H groups in total. The van der Waals surface area contributed by atoms with Crippen LogP contribution in [-0.2, 0) is 10.0 Å². The van der Waals surface area contributed by atoms with Gasteiger partial charge in [-0.25, -0.2) is 13.4 Å². The summed E-state index contributed by atoms with van der Waals surface area (Å²) in [6, 6.07) is 15.1. The van der Waals surface area contributed by atoms with Crippen molar-refractivity contribution >= 4 is 38.4 Å². The molecule has 0 amide bonds. The molecule has 9 heteroatoms. The van der Waals surface area contributed by atoms with Gasteiger partial charge in [-0.3, -0.25) is 5.43 Å². The highest BCUT2D eigenvalue weighted by atomic mass is 32.2. The lowest BCUT2D eigenvalue weighted by molar-refractivity contribution is 0.281. The summed E-state index contributed by atoms with van der Waals surface area (Å²) in [5, 5.41) is 6.82.